The molecule has 0 unspecified atom stereocenters. The Morgan fingerprint density at radius 3 is 3.00 bits per heavy atom. The molecule has 2 N–H and O–H groups in total. The van der Waals surface area contributed by atoms with Gasteiger partial charge in [0.25, 0.3) is 0 Å². The number of fused-ring (bicyclic) bond motifs is 1. The second-order valence-electron chi connectivity index (χ2n) is 2.44. The number of nitrogens with zero attached hydrogens (tertiary/aromatic N) is 1. The van der Waals surface area contributed by atoms with Gasteiger partial charge in [-0.15, -0.1) is 0 Å². The highest BCUT2D eigenvalue weighted by molar-refractivity contribution is 6.61. The lowest BCUT2D eigenvalue weighted by atomic mass is 9.81. The molecule has 0 aliphatic rings. The summed E-state index contributed by atoms with van der Waals surface area (Å²) in [5.41, 5.74) is 0.950. The quantitative estimate of drug-likeness (QED) is 0.556. The van der Waals surface area contributed by atoms with Gasteiger partial charge in [0, 0.05) is 23.2 Å². The summed E-state index contributed by atoms with van der Waals surface area (Å²) in [6.45, 7) is 0. The summed E-state index contributed by atoms with van der Waals surface area (Å²) in [4.78, 5) is 3.85. The molecule has 0 aliphatic carbocycles. The standard InChI is InChI=1S/C7H6BNO3/c10-8(11)6-4-12-7-1-2-9-3-5(6)7/h1-4,10-11H. The summed E-state index contributed by atoms with van der Waals surface area (Å²) < 4.78 is 5.05. The fraction of sp³-hybridized carbons (Fsp3) is 0. The van der Waals surface area contributed by atoms with Gasteiger partial charge in [-0.05, 0) is 6.07 Å². The number of furan rings is 1. The SMILES string of the molecule is OB(O)c1coc2ccncc12. The third-order valence-electron chi connectivity index (χ3n) is 1.68. The first-order valence-electron chi connectivity index (χ1n) is 3.46. The zero-order valence-corrected chi connectivity index (χ0v) is 6.14. The average Bonchev–Trinajstić information content (AvgIpc) is 2.47. The van der Waals surface area contributed by atoms with Crippen LogP contribution in [0.4, 0.5) is 0 Å². The zero-order valence-electron chi connectivity index (χ0n) is 6.14. The van der Waals surface area contributed by atoms with Crippen LogP contribution in [0.25, 0.3) is 11.0 Å². The van der Waals surface area contributed by atoms with Crippen LogP contribution in [0.15, 0.2) is 29.1 Å². The Balaban J connectivity index is 2.70. The van der Waals surface area contributed by atoms with Gasteiger partial charge in [0.2, 0.25) is 0 Å². The summed E-state index contributed by atoms with van der Waals surface area (Å²) in [6.07, 6.45) is 4.43. The van der Waals surface area contributed by atoms with E-state index in [9.17, 15) is 0 Å². The molecule has 2 heterocycles. The number of pyridine rings is 1. The molecule has 0 aliphatic heterocycles. The minimum atomic E-state index is -1.50. The van der Waals surface area contributed by atoms with Crippen LogP contribution in [0.3, 0.4) is 0 Å². The van der Waals surface area contributed by atoms with E-state index >= 15 is 0 Å². The summed E-state index contributed by atoms with van der Waals surface area (Å²) in [7, 11) is -1.50. The van der Waals surface area contributed by atoms with Crippen molar-refractivity contribution in [2.45, 2.75) is 0 Å². The van der Waals surface area contributed by atoms with Crippen LogP contribution in [-0.2, 0) is 0 Å². The highest BCUT2D eigenvalue weighted by atomic mass is 16.4. The summed E-state index contributed by atoms with van der Waals surface area (Å²) >= 11 is 0. The van der Waals surface area contributed by atoms with Crippen LogP contribution >= 0.6 is 0 Å². The Kier molecular flexibility index (Phi) is 1.60. The predicted octanol–water partition coefficient (Wildman–Crippen LogP) is -0.492. The lowest BCUT2D eigenvalue weighted by molar-refractivity contribution is 0.425. The number of rotatable bonds is 1. The molecule has 4 nitrogen and oxygen atoms in total. The summed E-state index contributed by atoms with van der Waals surface area (Å²) in [5, 5.41) is 18.4. The van der Waals surface area contributed by atoms with E-state index < -0.39 is 7.12 Å². The Morgan fingerprint density at radius 1 is 1.42 bits per heavy atom. The van der Waals surface area contributed by atoms with Crippen molar-refractivity contribution >= 4 is 23.6 Å². The molecule has 12 heavy (non-hydrogen) atoms. The van der Waals surface area contributed by atoms with Crippen molar-refractivity contribution < 1.29 is 14.5 Å². The van der Waals surface area contributed by atoms with Crippen molar-refractivity contribution in [2.24, 2.45) is 0 Å². The van der Waals surface area contributed by atoms with Crippen molar-refractivity contribution in [3.8, 4) is 0 Å². The Labute approximate surface area is 68.6 Å². The number of hydrogen-bond donors (Lipinski definition) is 2. The molecule has 0 fully saturated rings. The van der Waals surface area contributed by atoms with E-state index in [1.807, 2.05) is 0 Å². The van der Waals surface area contributed by atoms with Gasteiger partial charge < -0.3 is 14.5 Å². The molecule has 5 heteroatoms. The van der Waals surface area contributed by atoms with Gasteiger partial charge in [-0.3, -0.25) is 4.98 Å². The maximum Gasteiger partial charge on any atom is 0.492 e. The monoisotopic (exact) mass is 163 g/mol. The van der Waals surface area contributed by atoms with Crippen LogP contribution < -0.4 is 5.46 Å². The van der Waals surface area contributed by atoms with Gasteiger partial charge in [0.15, 0.2) is 0 Å². The number of aromatic nitrogens is 1. The summed E-state index contributed by atoms with van der Waals surface area (Å²) in [6, 6.07) is 1.67. The molecule has 0 aromatic carbocycles. The fourth-order valence-corrected chi connectivity index (χ4v) is 1.09. The maximum atomic E-state index is 8.88. The lowest BCUT2D eigenvalue weighted by Crippen LogP contribution is -2.28. The van der Waals surface area contributed by atoms with Crippen LogP contribution in [0.2, 0.25) is 0 Å². The Hall–Kier alpha value is -1.33. The van der Waals surface area contributed by atoms with Gasteiger partial charge in [-0.25, -0.2) is 0 Å². The topological polar surface area (TPSA) is 66.5 Å². The zero-order chi connectivity index (χ0) is 8.55. The van der Waals surface area contributed by atoms with Gasteiger partial charge in [-0.1, -0.05) is 0 Å². The highest BCUT2D eigenvalue weighted by Gasteiger charge is 2.17. The van der Waals surface area contributed by atoms with Crippen molar-refractivity contribution in [1.29, 1.82) is 0 Å². The van der Waals surface area contributed by atoms with Crippen LogP contribution in [0, 0.1) is 0 Å². The Morgan fingerprint density at radius 2 is 2.25 bits per heavy atom. The maximum absolute atomic E-state index is 8.88. The van der Waals surface area contributed by atoms with Crippen molar-refractivity contribution in [3.63, 3.8) is 0 Å². The molecular weight excluding hydrogens is 157 g/mol. The third kappa shape index (κ3) is 0.994. The third-order valence-corrected chi connectivity index (χ3v) is 1.68. The molecule has 0 saturated carbocycles. The van der Waals surface area contributed by atoms with E-state index in [0.29, 0.717) is 16.4 Å². The molecule has 2 aromatic rings. The smallest absolute Gasteiger partial charge is 0.465 e. The van der Waals surface area contributed by atoms with E-state index in [1.165, 1.54) is 12.5 Å². The number of hydrogen-bond acceptors (Lipinski definition) is 4. The first-order valence-corrected chi connectivity index (χ1v) is 3.46. The van der Waals surface area contributed by atoms with E-state index in [1.54, 1.807) is 12.3 Å². The van der Waals surface area contributed by atoms with Crippen molar-refractivity contribution in [3.05, 3.63) is 24.7 Å². The molecule has 0 spiro atoms. The van der Waals surface area contributed by atoms with Crippen LogP contribution in [-0.4, -0.2) is 22.2 Å². The first-order chi connectivity index (χ1) is 5.79. The molecule has 2 rings (SSSR count). The molecular formula is C7H6BNO3. The molecule has 0 atom stereocenters. The van der Waals surface area contributed by atoms with Crippen LogP contribution in [0.5, 0.6) is 0 Å². The predicted molar refractivity (Wildman–Crippen MR) is 43.8 cm³/mol. The largest absolute Gasteiger partial charge is 0.492 e. The molecule has 2 aromatic heterocycles. The molecule has 0 amide bonds. The van der Waals surface area contributed by atoms with Crippen molar-refractivity contribution in [2.75, 3.05) is 0 Å². The molecule has 0 saturated heterocycles. The second-order valence-corrected chi connectivity index (χ2v) is 2.44. The van der Waals surface area contributed by atoms with E-state index in [-0.39, 0.29) is 0 Å². The fourth-order valence-electron chi connectivity index (χ4n) is 1.09. The minimum Gasteiger partial charge on any atom is -0.465 e. The lowest BCUT2D eigenvalue weighted by Gasteiger charge is -1.91. The van der Waals surface area contributed by atoms with E-state index in [2.05, 4.69) is 4.98 Å². The Bertz CT molecular complexity index is 398. The second kappa shape index (κ2) is 2.62. The van der Waals surface area contributed by atoms with E-state index in [0.717, 1.165) is 0 Å². The minimum absolute atomic E-state index is 0.345. The van der Waals surface area contributed by atoms with E-state index in [4.69, 9.17) is 14.5 Å². The first kappa shape index (κ1) is 7.33. The van der Waals surface area contributed by atoms with Gasteiger partial charge in [0.05, 0.1) is 6.26 Å². The van der Waals surface area contributed by atoms with Gasteiger partial charge >= 0.3 is 7.12 Å². The van der Waals surface area contributed by atoms with Crippen LogP contribution in [0.1, 0.15) is 0 Å². The van der Waals surface area contributed by atoms with Gasteiger partial charge in [-0.2, -0.15) is 0 Å². The normalized spacial score (nSPS) is 10.5. The van der Waals surface area contributed by atoms with Gasteiger partial charge in [0.1, 0.15) is 5.58 Å². The molecule has 0 bridgehead atoms. The summed E-state index contributed by atoms with van der Waals surface area (Å²) in [5.74, 6) is 0. The average molecular weight is 163 g/mol. The van der Waals surface area contributed by atoms with Crippen molar-refractivity contribution in [1.82, 2.24) is 4.98 Å². The molecule has 60 valence electrons. The molecule has 0 radical (unpaired) electrons. The highest BCUT2D eigenvalue weighted by Crippen LogP contribution is 2.10.